The predicted molar refractivity (Wildman–Crippen MR) is 93.4 cm³/mol. The van der Waals surface area contributed by atoms with Gasteiger partial charge in [-0.25, -0.2) is 4.98 Å². The predicted octanol–water partition coefficient (Wildman–Crippen LogP) is 5.27. The number of ether oxygens (including phenoxy) is 1. The van der Waals surface area contributed by atoms with Crippen molar-refractivity contribution < 1.29 is 9.53 Å². The van der Waals surface area contributed by atoms with Crippen molar-refractivity contribution in [3.63, 3.8) is 0 Å². The molecule has 6 heteroatoms. The number of carbonyl (C=O) groups is 1. The van der Waals surface area contributed by atoms with E-state index < -0.39 is 5.97 Å². The number of esters is 1. The fourth-order valence-corrected chi connectivity index (χ4v) is 3.29. The molecule has 3 rings (SSSR count). The minimum Gasteiger partial charge on any atom is -0.425 e. The van der Waals surface area contributed by atoms with E-state index in [2.05, 4.69) is 4.98 Å². The van der Waals surface area contributed by atoms with Crippen molar-refractivity contribution in [2.24, 2.45) is 0 Å². The van der Waals surface area contributed by atoms with Gasteiger partial charge in [-0.2, -0.15) is 0 Å². The van der Waals surface area contributed by atoms with E-state index in [1.54, 1.807) is 24.3 Å². The Morgan fingerprint density at radius 2 is 1.74 bits per heavy atom. The normalized spacial score (nSPS) is 10.5. The van der Waals surface area contributed by atoms with Gasteiger partial charge in [0.15, 0.2) is 0 Å². The molecule has 0 saturated carbocycles. The molecular weight excluding hydrogens is 353 g/mol. The summed E-state index contributed by atoms with van der Waals surface area (Å²) in [5, 5.41) is 3.63. The van der Waals surface area contributed by atoms with Crippen LogP contribution in [0.4, 0.5) is 0 Å². The van der Waals surface area contributed by atoms with Gasteiger partial charge in [-0.1, -0.05) is 53.5 Å². The molecule has 0 N–H and O–H groups in total. The first-order valence-electron chi connectivity index (χ1n) is 6.78. The van der Waals surface area contributed by atoms with Crippen LogP contribution in [0.1, 0.15) is 5.69 Å². The Kier molecular flexibility index (Phi) is 4.96. The van der Waals surface area contributed by atoms with E-state index in [1.165, 1.54) is 11.3 Å². The lowest BCUT2D eigenvalue weighted by atomic mass is 10.2. The van der Waals surface area contributed by atoms with E-state index in [4.69, 9.17) is 27.9 Å². The largest absolute Gasteiger partial charge is 0.425 e. The number of halogens is 2. The molecule has 0 atom stereocenters. The van der Waals surface area contributed by atoms with Crippen molar-refractivity contribution in [1.29, 1.82) is 0 Å². The summed E-state index contributed by atoms with van der Waals surface area (Å²) in [5.74, 6) is -0.0603. The van der Waals surface area contributed by atoms with E-state index in [0.717, 1.165) is 10.6 Å². The fourth-order valence-electron chi connectivity index (χ4n) is 1.98. The second kappa shape index (κ2) is 7.13. The van der Waals surface area contributed by atoms with Crippen LogP contribution < -0.4 is 4.74 Å². The average Bonchev–Trinajstić information content (AvgIpc) is 2.98. The Morgan fingerprint density at radius 1 is 1.04 bits per heavy atom. The molecule has 3 aromatic rings. The summed E-state index contributed by atoms with van der Waals surface area (Å²) in [5.41, 5.74) is 1.49. The highest BCUT2D eigenvalue weighted by atomic mass is 35.5. The SMILES string of the molecule is O=C(Cc1csc(-c2ccccc2Cl)n1)Oc1ccccc1Cl. The number of rotatable bonds is 4. The highest BCUT2D eigenvalue weighted by Gasteiger charge is 2.13. The van der Waals surface area contributed by atoms with Crippen molar-refractivity contribution >= 4 is 40.5 Å². The average molecular weight is 364 g/mol. The summed E-state index contributed by atoms with van der Waals surface area (Å²) in [6, 6.07) is 14.3. The molecule has 3 nitrogen and oxygen atoms in total. The Balaban J connectivity index is 1.71. The molecule has 0 radical (unpaired) electrons. The molecular formula is C17H11Cl2NO2S. The van der Waals surface area contributed by atoms with Gasteiger partial charge in [0.25, 0.3) is 0 Å². The van der Waals surface area contributed by atoms with Crippen molar-refractivity contribution in [3.8, 4) is 16.3 Å². The Hall–Kier alpha value is -1.88. The van der Waals surface area contributed by atoms with E-state index >= 15 is 0 Å². The Morgan fingerprint density at radius 3 is 2.48 bits per heavy atom. The van der Waals surface area contributed by atoms with Crippen molar-refractivity contribution in [2.45, 2.75) is 6.42 Å². The number of benzene rings is 2. The molecule has 0 amide bonds. The topological polar surface area (TPSA) is 39.2 Å². The highest BCUT2D eigenvalue weighted by Crippen LogP contribution is 2.30. The van der Waals surface area contributed by atoms with E-state index in [9.17, 15) is 4.79 Å². The van der Waals surface area contributed by atoms with Gasteiger partial charge in [0.05, 0.1) is 22.2 Å². The number of carbonyl (C=O) groups excluding carboxylic acids is 1. The third-order valence-corrected chi connectivity index (χ3v) is 4.61. The van der Waals surface area contributed by atoms with E-state index in [1.807, 2.05) is 29.6 Å². The molecule has 1 aromatic heterocycles. The first-order valence-corrected chi connectivity index (χ1v) is 8.41. The van der Waals surface area contributed by atoms with Crippen LogP contribution in [-0.4, -0.2) is 11.0 Å². The molecule has 0 bridgehead atoms. The van der Waals surface area contributed by atoms with Crippen molar-refractivity contribution in [2.75, 3.05) is 0 Å². The first kappa shape index (κ1) is 16.0. The Labute approximate surface area is 147 Å². The lowest BCUT2D eigenvalue weighted by Gasteiger charge is -2.04. The summed E-state index contributed by atoms with van der Waals surface area (Å²) in [4.78, 5) is 16.5. The number of hydrogen-bond acceptors (Lipinski definition) is 4. The number of thiazole rings is 1. The highest BCUT2D eigenvalue weighted by molar-refractivity contribution is 7.13. The van der Waals surface area contributed by atoms with Crippen LogP contribution >= 0.6 is 34.5 Å². The Bertz CT molecular complexity index is 848. The number of para-hydroxylation sites is 1. The quantitative estimate of drug-likeness (QED) is 0.468. The molecule has 0 fully saturated rings. The zero-order valence-electron chi connectivity index (χ0n) is 11.8. The lowest BCUT2D eigenvalue weighted by molar-refractivity contribution is -0.133. The van der Waals surface area contributed by atoms with Gasteiger partial charge >= 0.3 is 5.97 Å². The molecule has 0 spiro atoms. The smallest absolute Gasteiger partial charge is 0.317 e. The summed E-state index contributed by atoms with van der Waals surface area (Å²) < 4.78 is 5.26. The standard InChI is InChI=1S/C17H11Cl2NO2S/c18-13-6-2-1-5-12(13)17-20-11(10-23-17)9-16(21)22-15-8-4-3-7-14(15)19/h1-8,10H,9H2. The number of hydrogen-bond donors (Lipinski definition) is 0. The van der Waals surface area contributed by atoms with Gasteiger partial charge in [0.1, 0.15) is 10.8 Å². The van der Waals surface area contributed by atoms with Crippen LogP contribution in [0.3, 0.4) is 0 Å². The molecule has 0 aliphatic heterocycles. The third-order valence-electron chi connectivity index (χ3n) is 3.04. The monoisotopic (exact) mass is 363 g/mol. The second-order valence-electron chi connectivity index (χ2n) is 4.71. The zero-order valence-corrected chi connectivity index (χ0v) is 14.2. The summed E-state index contributed by atoms with van der Waals surface area (Å²) >= 11 is 13.6. The summed E-state index contributed by atoms with van der Waals surface area (Å²) in [6.07, 6.45) is 0.0756. The van der Waals surface area contributed by atoms with E-state index in [0.29, 0.717) is 21.5 Å². The number of nitrogens with zero attached hydrogens (tertiary/aromatic N) is 1. The van der Waals surface area contributed by atoms with Crippen LogP contribution in [-0.2, 0) is 11.2 Å². The zero-order chi connectivity index (χ0) is 16.2. The van der Waals surface area contributed by atoms with E-state index in [-0.39, 0.29) is 6.42 Å². The van der Waals surface area contributed by atoms with Crippen LogP contribution in [0.2, 0.25) is 10.0 Å². The third kappa shape index (κ3) is 3.91. The van der Waals surface area contributed by atoms with Crippen LogP contribution in [0.25, 0.3) is 10.6 Å². The van der Waals surface area contributed by atoms with Crippen LogP contribution in [0, 0.1) is 0 Å². The van der Waals surface area contributed by atoms with Crippen LogP contribution in [0.15, 0.2) is 53.9 Å². The lowest BCUT2D eigenvalue weighted by Crippen LogP contribution is -2.11. The minimum absolute atomic E-state index is 0.0756. The minimum atomic E-state index is -0.408. The second-order valence-corrected chi connectivity index (χ2v) is 6.38. The molecule has 0 unspecified atom stereocenters. The summed E-state index contributed by atoms with van der Waals surface area (Å²) in [6.45, 7) is 0. The maximum absolute atomic E-state index is 12.0. The fraction of sp³-hybridized carbons (Fsp3) is 0.0588. The molecule has 1 heterocycles. The van der Waals surface area contributed by atoms with Gasteiger partial charge in [0.2, 0.25) is 0 Å². The van der Waals surface area contributed by atoms with Gasteiger partial charge in [0, 0.05) is 10.9 Å². The molecule has 2 aromatic carbocycles. The molecule has 0 aliphatic rings. The first-order chi connectivity index (χ1) is 11.1. The van der Waals surface area contributed by atoms with Crippen molar-refractivity contribution in [1.82, 2.24) is 4.98 Å². The maximum atomic E-state index is 12.0. The van der Waals surface area contributed by atoms with Gasteiger partial charge in [-0.05, 0) is 18.2 Å². The number of aromatic nitrogens is 1. The summed E-state index contributed by atoms with van der Waals surface area (Å²) in [7, 11) is 0. The maximum Gasteiger partial charge on any atom is 0.317 e. The molecule has 23 heavy (non-hydrogen) atoms. The van der Waals surface area contributed by atoms with Crippen molar-refractivity contribution in [3.05, 3.63) is 69.7 Å². The van der Waals surface area contributed by atoms with Gasteiger partial charge in [-0.15, -0.1) is 11.3 Å². The van der Waals surface area contributed by atoms with Gasteiger partial charge in [-0.3, -0.25) is 4.79 Å². The molecule has 0 aliphatic carbocycles. The van der Waals surface area contributed by atoms with Crippen LogP contribution in [0.5, 0.6) is 5.75 Å². The van der Waals surface area contributed by atoms with Gasteiger partial charge < -0.3 is 4.74 Å². The molecule has 116 valence electrons. The molecule has 0 saturated heterocycles.